The molecule has 1 aromatic rings. The van der Waals surface area contributed by atoms with E-state index in [1.807, 2.05) is 32.3 Å². The molecule has 25 heavy (non-hydrogen) atoms. The summed E-state index contributed by atoms with van der Waals surface area (Å²) in [7, 11) is 4.03. The fraction of sp³-hybridized carbons (Fsp3) is 0.500. The summed E-state index contributed by atoms with van der Waals surface area (Å²) in [6.45, 7) is 5.15. The number of carbonyl (C=O) groups excluding carboxylic acids is 1. The van der Waals surface area contributed by atoms with Crippen LogP contribution in [0.5, 0.6) is 0 Å². The lowest BCUT2D eigenvalue weighted by molar-refractivity contribution is -0.122. The van der Waals surface area contributed by atoms with Gasteiger partial charge in [-0.1, -0.05) is 69.2 Å². The number of hydrogen-bond acceptors (Lipinski definition) is 4. The molecule has 1 amide bonds. The van der Waals surface area contributed by atoms with Crippen LogP contribution in [0.1, 0.15) is 45.1 Å². The molecule has 1 heterocycles. The van der Waals surface area contributed by atoms with Gasteiger partial charge in [-0.25, -0.2) is 0 Å². The lowest BCUT2D eigenvalue weighted by Crippen LogP contribution is -2.33. The Morgan fingerprint density at radius 2 is 1.92 bits per heavy atom. The highest BCUT2D eigenvalue weighted by atomic mass is 32.2. The Kier molecular flexibility index (Phi) is 7.51. The topological polar surface area (TPSA) is 23.6 Å². The second kappa shape index (κ2) is 9.39. The van der Waals surface area contributed by atoms with Gasteiger partial charge in [0.2, 0.25) is 0 Å². The number of nitrogens with zero attached hydrogens (tertiary/aromatic N) is 2. The highest BCUT2D eigenvalue weighted by Crippen LogP contribution is 2.34. The third-order valence-electron chi connectivity index (χ3n) is 4.56. The summed E-state index contributed by atoms with van der Waals surface area (Å²) in [5, 5.41) is 0. The highest BCUT2D eigenvalue weighted by Gasteiger charge is 2.33. The van der Waals surface area contributed by atoms with E-state index in [1.165, 1.54) is 24.6 Å². The predicted octanol–water partition coefficient (Wildman–Crippen LogP) is 5.17. The van der Waals surface area contributed by atoms with Crippen molar-refractivity contribution in [3.63, 3.8) is 0 Å². The van der Waals surface area contributed by atoms with E-state index in [0.29, 0.717) is 10.2 Å². The van der Waals surface area contributed by atoms with E-state index >= 15 is 0 Å². The Morgan fingerprint density at radius 1 is 1.24 bits per heavy atom. The van der Waals surface area contributed by atoms with Gasteiger partial charge in [0, 0.05) is 26.3 Å². The van der Waals surface area contributed by atoms with E-state index in [9.17, 15) is 4.79 Å². The number of thiocarbonyl (C=S) groups is 1. The number of rotatable bonds is 8. The number of anilines is 1. The Balaban J connectivity index is 2.08. The van der Waals surface area contributed by atoms with Gasteiger partial charge in [-0.2, -0.15) is 0 Å². The fourth-order valence-corrected chi connectivity index (χ4v) is 4.13. The number of thioether (sulfide) groups is 1. The van der Waals surface area contributed by atoms with Crippen molar-refractivity contribution >= 4 is 46.0 Å². The second-order valence-electron chi connectivity index (χ2n) is 6.69. The Labute approximate surface area is 161 Å². The quantitative estimate of drug-likeness (QED) is 0.461. The van der Waals surface area contributed by atoms with Gasteiger partial charge in [0.25, 0.3) is 5.91 Å². The SMILES string of the molecule is CCCCC(CC)CN1C(=O)C(=Cc2ccc(N(C)C)cc2)SC1=S. The first-order chi connectivity index (χ1) is 12.0. The average molecular weight is 377 g/mol. The molecule has 1 aromatic carbocycles. The summed E-state index contributed by atoms with van der Waals surface area (Å²) >= 11 is 6.89. The molecule has 0 spiro atoms. The maximum Gasteiger partial charge on any atom is 0.266 e. The molecule has 0 bridgehead atoms. The Hall–Kier alpha value is -1.33. The lowest BCUT2D eigenvalue weighted by Gasteiger charge is -2.21. The summed E-state index contributed by atoms with van der Waals surface area (Å²) in [5.41, 5.74) is 2.18. The maximum atomic E-state index is 12.8. The van der Waals surface area contributed by atoms with Crippen LogP contribution in [0.3, 0.4) is 0 Å². The fourth-order valence-electron chi connectivity index (χ4n) is 2.85. The molecule has 1 unspecified atom stereocenters. The van der Waals surface area contributed by atoms with Crippen LogP contribution in [-0.2, 0) is 4.79 Å². The molecule has 5 heteroatoms. The molecule has 0 aliphatic carbocycles. The van der Waals surface area contributed by atoms with E-state index in [0.717, 1.165) is 35.5 Å². The first-order valence-corrected chi connectivity index (χ1v) is 10.2. The average Bonchev–Trinajstić information content (AvgIpc) is 2.86. The van der Waals surface area contributed by atoms with E-state index in [4.69, 9.17) is 12.2 Å². The van der Waals surface area contributed by atoms with Crippen molar-refractivity contribution in [3.05, 3.63) is 34.7 Å². The van der Waals surface area contributed by atoms with Crippen molar-refractivity contribution in [2.24, 2.45) is 5.92 Å². The van der Waals surface area contributed by atoms with E-state index in [2.05, 4.69) is 30.9 Å². The molecule has 0 radical (unpaired) electrons. The Morgan fingerprint density at radius 3 is 2.48 bits per heavy atom. The van der Waals surface area contributed by atoms with Gasteiger partial charge in [0.1, 0.15) is 4.32 Å². The zero-order valence-corrected chi connectivity index (χ0v) is 17.3. The van der Waals surface area contributed by atoms with Gasteiger partial charge < -0.3 is 4.90 Å². The van der Waals surface area contributed by atoms with Crippen LogP contribution in [0.15, 0.2) is 29.2 Å². The van der Waals surface area contributed by atoms with Crippen LogP contribution in [0.4, 0.5) is 5.69 Å². The van der Waals surface area contributed by atoms with Crippen LogP contribution < -0.4 is 4.90 Å². The number of benzene rings is 1. The minimum atomic E-state index is 0.0571. The van der Waals surface area contributed by atoms with Gasteiger partial charge in [-0.05, 0) is 36.1 Å². The third-order valence-corrected chi connectivity index (χ3v) is 5.94. The molecular formula is C20H28N2OS2. The summed E-state index contributed by atoms with van der Waals surface area (Å²) in [4.78, 5) is 17.3. The molecule has 0 N–H and O–H groups in total. The van der Waals surface area contributed by atoms with E-state index in [1.54, 1.807) is 4.90 Å². The number of amides is 1. The minimum Gasteiger partial charge on any atom is -0.378 e. The monoisotopic (exact) mass is 376 g/mol. The smallest absolute Gasteiger partial charge is 0.266 e. The standard InChI is InChI=1S/C20H28N2OS2/c1-5-7-8-15(6-2)14-22-19(23)18(25-20(22)24)13-16-9-11-17(12-10-16)21(3)4/h9-13,15H,5-8,14H2,1-4H3. The summed E-state index contributed by atoms with van der Waals surface area (Å²) in [6.07, 6.45) is 6.60. The molecule has 1 aliphatic rings. The van der Waals surface area contributed by atoms with Crippen molar-refractivity contribution in [2.45, 2.75) is 39.5 Å². The van der Waals surface area contributed by atoms with Crippen LogP contribution in [-0.4, -0.2) is 35.8 Å². The molecular weight excluding hydrogens is 348 g/mol. The normalized spacial score (nSPS) is 17.4. The van der Waals surface area contributed by atoms with Crippen molar-refractivity contribution < 1.29 is 4.79 Å². The van der Waals surface area contributed by atoms with Crippen molar-refractivity contribution in [1.29, 1.82) is 0 Å². The van der Waals surface area contributed by atoms with Crippen molar-refractivity contribution in [3.8, 4) is 0 Å². The third kappa shape index (κ3) is 5.32. The van der Waals surface area contributed by atoms with Gasteiger partial charge in [-0.15, -0.1) is 0 Å². The summed E-state index contributed by atoms with van der Waals surface area (Å²) in [5.74, 6) is 0.586. The predicted molar refractivity (Wildman–Crippen MR) is 114 cm³/mol. The molecule has 0 aromatic heterocycles. The number of hydrogen-bond donors (Lipinski definition) is 0. The molecule has 3 nitrogen and oxygen atoms in total. The maximum absolute atomic E-state index is 12.8. The summed E-state index contributed by atoms with van der Waals surface area (Å²) < 4.78 is 0.691. The molecule has 1 fully saturated rings. The number of carbonyl (C=O) groups is 1. The first kappa shape index (κ1) is 20.0. The molecule has 1 atom stereocenters. The summed E-state index contributed by atoms with van der Waals surface area (Å²) in [6, 6.07) is 8.20. The molecule has 0 saturated carbocycles. The van der Waals surface area contributed by atoms with Crippen LogP contribution in [0.2, 0.25) is 0 Å². The van der Waals surface area contributed by atoms with Gasteiger partial charge in [0.15, 0.2) is 0 Å². The van der Waals surface area contributed by atoms with Crippen molar-refractivity contribution in [1.82, 2.24) is 4.90 Å². The molecule has 136 valence electrons. The molecule has 2 rings (SSSR count). The zero-order valence-electron chi connectivity index (χ0n) is 15.6. The molecule has 1 aliphatic heterocycles. The van der Waals surface area contributed by atoms with Crippen LogP contribution >= 0.6 is 24.0 Å². The van der Waals surface area contributed by atoms with Crippen LogP contribution in [0, 0.1) is 5.92 Å². The van der Waals surface area contributed by atoms with E-state index < -0.39 is 0 Å². The van der Waals surface area contributed by atoms with Crippen LogP contribution in [0.25, 0.3) is 6.08 Å². The highest BCUT2D eigenvalue weighted by molar-refractivity contribution is 8.26. The first-order valence-electron chi connectivity index (χ1n) is 8.99. The minimum absolute atomic E-state index is 0.0571. The zero-order chi connectivity index (χ0) is 18.4. The largest absolute Gasteiger partial charge is 0.378 e. The Bertz CT molecular complexity index is 638. The van der Waals surface area contributed by atoms with Crippen molar-refractivity contribution in [2.75, 3.05) is 25.5 Å². The van der Waals surface area contributed by atoms with E-state index in [-0.39, 0.29) is 5.91 Å². The van der Waals surface area contributed by atoms with Gasteiger partial charge >= 0.3 is 0 Å². The van der Waals surface area contributed by atoms with Gasteiger partial charge in [0.05, 0.1) is 4.91 Å². The number of unbranched alkanes of at least 4 members (excludes halogenated alkanes) is 1. The second-order valence-corrected chi connectivity index (χ2v) is 8.37. The van der Waals surface area contributed by atoms with Gasteiger partial charge in [-0.3, -0.25) is 9.69 Å². The molecule has 1 saturated heterocycles. The lowest BCUT2D eigenvalue weighted by atomic mass is 9.99.